The fraction of sp³-hybridized carbons (Fsp3) is 0.235. The van der Waals surface area contributed by atoms with Gasteiger partial charge in [0.05, 0.1) is 11.6 Å². The predicted molar refractivity (Wildman–Crippen MR) is 88.8 cm³/mol. The van der Waals surface area contributed by atoms with Crippen molar-refractivity contribution in [1.82, 2.24) is 0 Å². The van der Waals surface area contributed by atoms with E-state index in [1.807, 2.05) is 6.07 Å². The summed E-state index contributed by atoms with van der Waals surface area (Å²) < 4.78 is 13.1. The maximum absolute atomic E-state index is 13.1. The molecule has 2 aromatic rings. The minimum atomic E-state index is -0.432. The van der Waals surface area contributed by atoms with E-state index in [1.54, 1.807) is 12.1 Å². The predicted octanol–water partition coefficient (Wildman–Crippen LogP) is 3.89. The summed E-state index contributed by atoms with van der Waals surface area (Å²) in [5.74, 6) is -0.1000. The third kappa shape index (κ3) is 3.39. The Balaban J connectivity index is 1.66. The summed E-state index contributed by atoms with van der Waals surface area (Å²) in [7, 11) is 0. The van der Waals surface area contributed by atoms with E-state index < -0.39 is 5.82 Å². The third-order valence-electron chi connectivity index (χ3n) is 3.79. The first-order valence-electron chi connectivity index (χ1n) is 7.24. The van der Waals surface area contributed by atoms with Crippen LogP contribution in [-0.4, -0.2) is 5.96 Å². The Bertz CT molecular complexity index is 728. The second kappa shape index (κ2) is 6.36. The standard InChI is InChI=1S/C17H17ClFN3/c18-15-8-11(4-7-16(15)19)10-21-17(20)22-14-6-5-12-2-1-3-13(12)9-14/h4-9H,1-3,10H2,(H3,20,21,22). The molecule has 1 aliphatic rings. The molecule has 0 heterocycles. The largest absolute Gasteiger partial charge is 0.370 e. The molecule has 3 rings (SSSR count). The van der Waals surface area contributed by atoms with E-state index in [4.69, 9.17) is 17.3 Å². The van der Waals surface area contributed by atoms with Crippen molar-refractivity contribution in [3.05, 3.63) is 63.9 Å². The van der Waals surface area contributed by atoms with Crippen LogP contribution in [0.5, 0.6) is 0 Å². The average Bonchev–Trinajstić information content (AvgIpc) is 2.96. The highest BCUT2D eigenvalue weighted by Gasteiger charge is 2.10. The van der Waals surface area contributed by atoms with Gasteiger partial charge >= 0.3 is 0 Å². The normalized spacial score (nSPS) is 14.0. The van der Waals surface area contributed by atoms with Crippen molar-refractivity contribution >= 4 is 23.2 Å². The second-order valence-corrected chi connectivity index (χ2v) is 5.82. The van der Waals surface area contributed by atoms with Crippen LogP contribution < -0.4 is 11.1 Å². The van der Waals surface area contributed by atoms with Gasteiger partial charge in [-0.15, -0.1) is 0 Å². The van der Waals surface area contributed by atoms with Gasteiger partial charge in [0.1, 0.15) is 5.82 Å². The van der Waals surface area contributed by atoms with Crippen molar-refractivity contribution in [2.45, 2.75) is 25.8 Å². The Morgan fingerprint density at radius 3 is 2.82 bits per heavy atom. The lowest BCUT2D eigenvalue weighted by atomic mass is 10.1. The number of aryl methyl sites for hydroxylation is 2. The maximum atomic E-state index is 13.1. The van der Waals surface area contributed by atoms with Gasteiger partial charge in [0, 0.05) is 5.69 Å². The first-order chi connectivity index (χ1) is 10.6. The molecule has 0 fully saturated rings. The molecule has 0 spiro atoms. The molecule has 5 heteroatoms. The van der Waals surface area contributed by atoms with Gasteiger partial charge in [-0.3, -0.25) is 0 Å². The van der Waals surface area contributed by atoms with Crippen LogP contribution in [0.25, 0.3) is 0 Å². The van der Waals surface area contributed by atoms with Gasteiger partial charge in [-0.1, -0.05) is 23.7 Å². The maximum Gasteiger partial charge on any atom is 0.193 e. The molecule has 1 aliphatic carbocycles. The van der Waals surface area contributed by atoms with Crippen molar-refractivity contribution in [3.8, 4) is 0 Å². The fourth-order valence-corrected chi connectivity index (χ4v) is 2.85. The number of hydrogen-bond acceptors (Lipinski definition) is 1. The molecule has 0 radical (unpaired) electrons. The smallest absolute Gasteiger partial charge is 0.193 e. The molecule has 2 aromatic carbocycles. The molecule has 0 atom stereocenters. The van der Waals surface area contributed by atoms with Gasteiger partial charge in [0.15, 0.2) is 5.96 Å². The van der Waals surface area contributed by atoms with Crippen LogP contribution in [0.2, 0.25) is 5.02 Å². The molecular weight excluding hydrogens is 301 g/mol. The summed E-state index contributed by atoms with van der Waals surface area (Å²) in [4.78, 5) is 4.26. The van der Waals surface area contributed by atoms with Crippen molar-refractivity contribution in [1.29, 1.82) is 0 Å². The number of fused-ring (bicyclic) bond motifs is 1. The van der Waals surface area contributed by atoms with E-state index in [0.29, 0.717) is 12.5 Å². The molecule has 0 saturated heterocycles. The third-order valence-corrected chi connectivity index (χ3v) is 4.08. The average molecular weight is 318 g/mol. The van der Waals surface area contributed by atoms with Crippen molar-refractivity contribution in [2.75, 3.05) is 5.32 Å². The molecule has 0 saturated carbocycles. The monoisotopic (exact) mass is 317 g/mol. The summed E-state index contributed by atoms with van der Waals surface area (Å²) in [5.41, 5.74) is 10.4. The van der Waals surface area contributed by atoms with E-state index in [2.05, 4.69) is 22.4 Å². The van der Waals surface area contributed by atoms with Crippen LogP contribution in [0.3, 0.4) is 0 Å². The van der Waals surface area contributed by atoms with Gasteiger partial charge in [0.25, 0.3) is 0 Å². The highest BCUT2D eigenvalue weighted by Crippen LogP contribution is 2.24. The quantitative estimate of drug-likeness (QED) is 0.666. The number of anilines is 1. The minimum absolute atomic E-state index is 0.0952. The Morgan fingerprint density at radius 1 is 1.18 bits per heavy atom. The summed E-state index contributed by atoms with van der Waals surface area (Å²) in [6.45, 7) is 0.351. The van der Waals surface area contributed by atoms with Crippen LogP contribution in [0.4, 0.5) is 10.1 Å². The number of nitrogens with zero attached hydrogens (tertiary/aromatic N) is 1. The Hall–Kier alpha value is -2.07. The fourth-order valence-electron chi connectivity index (χ4n) is 2.65. The Labute approximate surface area is 134 Å². The number of aliphatic imine (C=N–C) groups is 1. The van der Waals surface area contributed by atoms with Gasteiger partial charge in [-0.2, -0.15) is 0 Å². The minimum Gasteiger partial charge on any atom is -0.370 e. The van der Waals surface area contributed by atoms with Crippen molar-refractivity contribution in [2.24, 2.45) is 10.7 Å². The second-order valence-electron chi connectivity index (χ2n) is 5.41. The van der Waals surface area contributed by atoms with Crippen LogP contribution in [0.1, 0.15) is 23.1 Å². The zero-order valence-electron chi connectivity index (χ0n) is 12.1. The summed E-state index contributed by atoms with van der Waals surface area (Å²) in [6, 6.07) is 10.8. The number of hydrogen-bond donors (Lipinski definition) is 2. The zero-order valence-corrected chi connectivity index (χ0v) is 12.8. The molecule has 3 N–H and O–H groups in total. The number of halogens is 2. The Morgan fingerprint density at radius 2 is 2.00 bits per heavy atom. The van der Waals surface area contributed by atoms with E-state index >= 15 is 0 Å². The molecule has 0 bridgehead atoms. The molecule has 3 nitrogen and oxygen atoms in total. The summed E-state index contributed by atoms with van der Waals surface area (Å²) >= 11 is 5.74. The highest BCUT2D eigenvalue weighted by molar-refractivity contribution is 6.30. The molecule has 0 aliphatic heterocycles. The molecule has 0 unspecified atom stereocenters. The molecular formula is C17H17ClFN3. The van der Waals surface area contributed by atoms with Crippen LogP contribution in [0.15, 0.2) is 41.4 Å². The Kier molecular flexibility index (Phi) is 4.29. The summed E-state index contributed by atoms with van der Waals surface area (Å²) in [5, 5.41) is 3.18. The first kappa shape index (κ1) is 14.9. The number of guanidine groups is 1. The van der Waals surface area contributed by atoms with Gasteiger partial charge < -0.3 is 11.1 Å². The van der Waals surface area contributed by atoms with Crippen LogP contribution in [0, 0.1) is 5.82 Å². The van der Waals surface area contributed by atoms with Crippen LogP contribution >= 0.6 is 11.6 Å². The van der Waals surface area contributed by atoms with Gasteiger partial charge in [0.2, 0.25) is 0 Å². The number of rotatable bonds is 3. The van der Waals surface area contributed by atoms with E-state index in [1.165, 1.54) is 23.6 Å². The zero-order chi connectivity index (χ0) is 15.5. The van der Waals surface area contributed by atoms with Crippen molar-refractivity contribution < 1.29 is 4.39 Å². The van der Waals surface area contributed by atoms with Gasteiger partial charge in [-0.25, -0.2) is 9.38 Å². The number of nitrogens with two attached hydrogens (primary N) is 1. The first-order valence-corrected chi connectivity index (χ1v) is 7.62. The van der Waals surface area contributed by atoms with Crippen molar-refractivity contribution in [3.63, 3.8) is 0 Å². The molecule has 22 heavy (non-hydrogen) atoms. The van der Waals surface area contributed by atoms with E-state index in [9.17, 15) is 4.39 Å². The lowest BCUT2D eigenvalue weighted by Gasteiger charge is -2.08. The number of nitrogens with one attached hydrogen (secondary N) is 1. The summed E-state index contributed by atoms with van der Waals surface area (Å²) in [6.07, 6.45) is 3.49. The van der Waals surface area contributed by atoms with E-state index in [-0.39, 0.29) is 5.02 Å². The lowest BCUT2D eigenvalue weighted by Crippen LogP contribution is -2.22. The lowest BCUT2D eigenvalue weighted by molar-refractivity contribution is 0.627. The molecule has 0 aromatic heterocycles. The number of benzene rings is 2. The van der Waals surface area contributed by atoms with Gasteiger partial charge in [-0.05, 0) is 60.2 Å². The van der Waals surface area contributed by atoms with Crippen LogP contribution in [-0.2, 0) is 19.4 Å². The highest BCUT2D eigenvalue weighted by atomic mass is 35.5. The van der Waals surface area contributed by atoms with E-state index in [0.717, 1.165) is 24.1 Å². The molecule has 0 amide bonds. The molecule has 114 valence electrons. The SMILES string of the molecule is NC(=NCc1ccc(F)c(Cl)c1)Nc1ccc2c(c1)CCC2. The topological polar surface area (TPSA) is 50.4 Å².